The van der Waals surface area contributed by atoms with Crippen molar-refractivity contribution in [1.82, 2.24) is 9.97 Å². The summed E-state index contributed by atoms with van der Waals surface area (Å²) in [6.07, 6.45) is 7.85. The van der Waals surface area contributed by atoms with Crippen molar-refractivity contribution in [2.75, 3.05) is 6.61 Å². The highest BCUT2D eigenvalue weighted by Gasteiger charge is 2.20. The minimum Gasteiger partial charge on any atom is -0.395 e. The summed E-state index contributed by atoms with van der Waals surface area (Å²) in [4.78, 5) is 18.7. The van der Waals surface area contributed by atoms with Gasteiger partial charge in [-0.2, -0.15) is 0 Å². The summed E-state index contributed by atoms with van der Waals surface area (Å²) in [6.45, 7) is 7.82. The Balaban J connectivity index is 0.000000240. The second-order valence-corrected chi connectivity index (χ2v) is 8.50. The van der Waals surface area contributed by atoms with Gasteiger partial charge < -0.3 is 9.90 Å². The smallest absolute Gasteiger partial charge is 0.130 e. The molecule has 1 N–H and O–H groups in total. The molecule has 0 saturated heterocycles. The summed E-state index contributed by atoms with van der Waals surface area (Å²) < 4.78 is 1.84. The van der Waals surface area contributed by atoms with Crippen LogP contribution in [0.4, 0.5) is 0 Å². The highest BCUT2D eigenvalue weighted by molar-refractivity contribution is 9.10. The Hall–Kier alpha value is -1.11. The lowest BCUT2D eigenvalue weighted by molar-refractivity contribution is -0.111. The Morgan fingerprint density at radius 2 is 1.42 bits per heavy atom. The lowest BCUT2D eigenvalue weighted by Gasteiger charge is -2.21. The number of hydrogen-bond acceptors (Lipinski definition) is 4. The van der Waals surface area contributed by atoms with E-state index in [0.29, 0.717) is 0 Å². The summed E-state index contributed by atoms with van der Waals surface area (Å²) in [6, 6.07) is 3.88. The quantitative estimate of drug-likeness (QED) is 0.689. The minimum absolute atomic E-state index is 0.130. The summed E-state index contributed by atoms with van der Waals surface area (Å²) >= 11 is 6.64. The molecule has 2 rings (SSSR count). The van der Waals surface area contributed by atoms with E-state index in [1.807, 2.05) is 39.8 Å². The van der Waals surface area contributed by atoms with Crippen LogP contribution in [0.2, 0.25) is 0 Å². The summed E-state index contributed by atoms with van der Waals surface area (Å²) in [7, 11) is 0. The average Bonchev–Trinajstić information content (AvgIpc) is 2.55. The zero-order valence-corrected chi connectivity index (χ0v) is 17.4. The summed E-state index contributed by atoms with van der Waals surface area (Å²) in [5, 5.41) is 9.10. The normalized spacial score (nSPS) is 11.5. The third-order valence-electron chi connectivity index (χ3n) is 3.63. The molecule has 24 heavy (non-hydrogen) atoms. The molecule has 2 aromatic rings. The van der Waals surface area contributed by atoms with E-state index in [-0.39, 0.29) is 12.0 Å². The number of carbonyl (C=O) groups is 1. The van der Waals surface area contributed by atoms with Gasteiger partial charge in [0.25, 0.3) is 0 Å². The molecule has 0 saturated carbocycles. The minimum atomic E-state index is -0.448. The molecule has 0 aromatic carbocycles. The molecule has 4 nitrogen and oxygen atoms in total. The van der Waals surface area contributed by atoms with Gasteiger partial charge in [-0.1, -0.05) is 13.8 Å². The fourth-order valence-corrected chi connectivity index (χ4v) is 2.44. The Morgan fingerprint density at radius 1 is 0.958 bits per heavy atom. The van der Waals surface area contributed by atoms with Crippen LogP contribution in [0.1, 0.15) is 38.8 Å². The van der Waals surface area contributed by atoms with Crippen LogP contribution in [-0.4, -0.2) is 28.0 Å². The first-order valence-corrected chi connectivity index (χ1v) is 9.00. The Kier molecular flexibility index (Phi) is 7.70. The maximum Gasteiger partial charge on any atom is 0.130 e. The monoisotopic (exact) mass is 456 g/mol. The van der Waals surface area contributed by atoms with Gasteiger partial charge in [-0.3, -0.25) is 9.97 Å². The predicted molar refractivity (Wildman–Crippen MR) is 103 cm³/mol. The van der Waals surface area contributed by atoms with Crippen molar-refractivity contribution in [3.63, 3.8) is 0 Å². The lowest BCUT2D eigenvalue weighted by atomic mass is 9.87. The molecule has 0 bridgehead atoms. The van der Waals surface area contributed by atoms with E-state index in [1.54, 1.807) is 24.8 Å². The van der Waals surface area contributed by atoms with Crippen LogP contribution < -0.4 is 0 Å². The predicted octanol–water partition coefficient (Wildman–Crippen LogP) is 4.43. The third-order valence-corrected chi connectivity index (χ3v) is 4.49. The van der Waals surface area contributed by atoms with Crippen LogP contribution in [-0.2, 0) is 15.6 Å². The molecule has 0 amide bonds. The van der Waals surface area contributed by atoms with Crippen LogP contribution >= 0.6 is 31.9 Å². The first-order chi connectivity index (χ1) is 11.1. The number of aliphatic hydroxyl groups is 1. The number of aldehydes is 1. The maximum atomic E-state index is 10.7. The van der Waals surface area contributed by atoms with Crippen LogP contribution in [0.3, 0.4) is 0 Å². The van der Waals surface area contributed by atoms with Gasteiger partial charge in [0.15, 0.2) is 0 Å². The number of hydrogen-bond donors (Lipinski definition) is 1. The molecule has 0 radical (unpaired) electrons. The SMILES string of the molecule is CC(C)(C=O)c1cncc(Br)c1.CC(C)(CO)c1cncc(Br)c1. The molecule has 0 fully saturated rings. The van der Waals surface area contributed by atoms with E-state index in [4.69, 9.17) is 5.11 Å². The summed E-state index contributed by atoms with van der Waals surface area (Å²) in [5.41, 5.74) is 1.30. The number of aliphatic hydroxyl groups excluding tert-OH is 1. The van der Waals surface area contributed by atoms with Gasteiger partial charge in [0.1, 0.15) is 6.29 Å². The molecule has 0 aliphatic rings. The number of halogens is 2. The van der Waals surface area contributed by atoms with E-state index in [1.165, 1.54) is 0 Å². The van der Waals surface area contributed by atoms with Gasteiger partial charge in [0.05, 0.1) is 6.61 Å². The van der Waals surface area contributed by atoms with E-state index < -0.39 is 5.41 Å². The molecule has 0 aliphatic heterocycles. The van der Waals surface area contributed by atoms with Crippen LogP contribution in [0, 0.1) is 0 Å². The Labute approximate surface area is 160 Å². The van der Waals surface area contributed by atoms with Crippen LogP contribution in [0.25, 0.3) is 0 Å². The average molecular weight is 458 g/mol. The summed E-state index contributed by atoms with van der Waals surface area (Å²) in [5.74, 6) is 0. The van der Waals surface area contributed by atoms with Crippen molar-refractivity contribution in [1.29, 1.82) is 0 Å². The molecule has 0 unspecified atom stereocenters. The molecular weight excluding hydrogens is 436 g/mol. The van der Waals surface area contributed by atoms with Gasteiger partial charge in [0.2, 0.25) is 0 Å². The highest BCUT2D eigenvalue weighted by Crippen LogP contribution is 2.24. The molecule has 130 valence electrons. The molecular formula is C18H22Br2N2O2. The number of carbonyl (C=O) groups excluding carboxylic acids is 1. The second-order valence-electron chi connectivity index (χ2n) is 6.67. The number of pyridine rings is 2. The number of aromatic nitrogens is 2. The highest BCUT2D eigenvalue weighted by atomic mass is 79.9. The number of nitrogens with zero attached hydrogens (tertiary/aromatic N) is 2. The maximum absolute atomic E-state index is 10.7. The number of rotatable bonds is 4. The van der Waals surface area contributed by atoms with E-state index in [0.717, 1.165) is 26.4 Å². The van der Waals surface area contributed by atoms with Crippen LogP contribution in [0.15, 0.2) is 45.9 Å². The molecule has 0 spiro atoms. The Bertz CT molecular complexity index is 688. The molecule has 0 atom stereocenters. The van der Waals surface area contributed by atoms with Gasteiger partial charge in [0, 0.05) is 44.6 Å². The van der Waals surface area contributed by atoms with E-state index in [9.17, 15) is 4.79 Å². The van der Waals surface area contributed by atoms with Gasteiger partial charge >= 0.3 is 0 Å². The van der Waals surface area contributed by atoms with Crippen LogP contribution in [0.5, 0.6) is 0 Å². The van der Waals surface area contributed by atoms with Crippen molar-refractivity contribution in [3.05, 3.63) is 57.0 Å². The van der Waals surface area contributed by atoms with Crippen molar-refractivity contribution >= 4 is 38.1 Å². The van der Waals surface area contributed by atoms with Crippen molar-refractivity contribution in [2.45, 2.75) is 38.5 Å². The molecule has 0 aliphatic carbocycles. The lowest BCUT2D eigenvalue weighted by Crippen LogP contribution is -2.22. The van der Waals surface area contributed by atoms with E-state index >= 15 is 0 Å². The van der Waals surface area contributed by atoms with Gasteiger partial charge in [-0.05, 0) is 69.0 Å². The first kappa shape index (κ1) is 20.9. The molecule has 2 aromatic heterocycles. The zero-order valence-electron chi connectivity index (χ0n) is 14.3. The fourth-order valence-electron chi connectivity index (χ4n) is 1.71. The zero-order chi connectivity index (χ0) is 18.4. The topological polar surface area (TPSA) is 63.1 Å². The van der Waals surface area contributed by atoms with Crippen molar-refractivity contribution in [2.24, 2.45) is 0 Å². The van der Waals surface area contributed by atoms with Crippen molar-refractivity contribution < 1.29 is 9.90 Å². The van der Waals surface area contributed by atoms with Gasteiger partial charge in [-0.15, -0.1) is 0 Å². The Morgan fingerprint density at radius 3 is 1.83 bits per heavy atom. The third kappa shape index (κ3) is 6.07. The standard InChI is InChI=1S/C9H12BrNO.C9H10BrNO/c2*1-9(2,6-12)7-3-8(10)5-11-4-7/h3-5,12H,6H2,1-2H3;3-6H,1-2H3. The molecule has 6 heteroatoms. The second kappa shape index (κ2) is 8.83. The first-order valence-electron chi connectivity index (χ1n) is 7.41. The van der Waals surface area contributed by atoms with Gasteiger partial charge in [-0.25, -0.2) is 0 Å². The van der Waals surface area contributed by atoms with E-state index in [2.05, 4.69) is 41.8 Å². The van der Waals surface area contributed by atoms with Crippen molar-refractivity contribution in [3.8, 4) is 0 Å². The molecule has 2 heterocycles. The largest absolute Gasteiger partial charge is 0.395 e. The fraction of sp³-hybridized carbons (Fsp3) is 0.389.